The molecule has 1 saturated heterocycles. The van der Waals surface area contributed by atoms with Crippen LogP contribution in [-0.4, -0.2) is 54.4 Å². The molecule has 1 aromatic heterocycles. The first-order valence-corrected chi connectivity index (χ1v) is 9.65. The molecule has 6 nitrogen and oxygen atoms in total. The van der Waals surface area contributed by atoms with Gasteiger partial charge in [-0.15, -0.1) is 0 Å². The molecular formula is C19H22BrN3O3. The second-order valence-corrected chi connectivity index (χ2v) is 7.43. The highest BCUT2D eigenvalue weighted by atomic mass is 79.9. The Hall–Kier alpha value is -1.99. The molecule has 0 amide bonds. The number of fused-ring (bicyclic) bond motifs is 1. The summed E-state index contributed by atoms with van der Waals surface area (Å²) in [6, 6.07) is 10.3. The average molecular weight is 420 g/mol. The van der Waals surface area contributed by atoms with E-state index in [1.807, 2.05) is 18.2 Å². The molecule has 0 saturated carbocycles. The summed E-state index contributed by atoms with van der Waals surface area (Å²) in [5.41, 5.74) is 1.24. The van der Waals surface area contributed by atoms with Gasteiger partial charge < -0.3 is 19.5 Å². The van der Waals surface area contributed by atoms with E-state index in [2.05, 4.69) is 49.8 Å². The Labute approximate surface area is 161 Å². The van der Waals surface area contributed by atoms with Crippen molar-refractivity contribution in [1.82, 2.24) is 9.88 Å². The fourth-order valence-corrected chi connectivity index (χ4v) is 3.69. The van der Waals surface area contributed by atoms with E-state index in [1.54, 1.807) is 0 Å². The maximum Gasteiger partial charge on any atom is 0.227 e. The molecule has 0 spiro atoms. The second-order valence-electron chi connectivity index (χ2n) is 6.58. The summed E-state index contributed by atoms with van der Waals surface area (Å²) in [5.74, 6) is 2.53. The summed E-state index contributed by atoms with van der Waals surface area (Å²) in [6.45, 7) is 7.08. The van der Waals surface area contributed by atoms with Gasteiger partial charge in [-0.25, -0.2) is 0 Å². The van der Waals surface area contributed by atoms with Gasteiger partial charge in [0.15, 0.2) is 11.5 Å². The van der Waals surface area contributed by atoms with E-state index in [9.17, 15) is 5.11 Å². The predicted octanol–water partition coefficient (Wildman–Crippen LogP) is 3.20. The Balaban J connectivity index is 1.41. The quantitative estimate of drug-likeness (QED) is 0.823. The van der Waals surface area contributed by atoms with Crippen LogP contribution in [0.25, 0.3) is 0 Å². The first-order valence-electron chi connectivity index (χ1n) is 8.86. The summed E-state index contributed by atoms with van der Waals surface area (Å²) >= 11 is 3.28. The Morgan fingerprint density at radius 2 is 1.77 bits per heavy atom. The van der Waals surface area contributed by atoms with Crippen LogP contribution < -0.4 is 14.4 Å². The van der Waals surface area contributed by atoms with E-state index in [0.29, 0.717) is 23.7 Å². The summed E-state index contributed by atoms with van der Waals surface area (Å²) in [7, 11) is 0. The average Bonchev–Trinajstić information content (AvgIpc) is 2.69. The zero-order chi connectivity index (χ0) is 18.1. The molecule has 1 aromatic carbocycles. The predicted molar refractivity (Wildman–Crippen MR) is 103 cm³/mol. The van der Waals surface area contributed by atoms with Crippen LogP contribution in [0.4, 0.5) is 5.82 Å². The topological polar surface area (TPSA) is 58.1 Å². The SMILES string of the molecule is CC(c1ccc2c(c1)OCCO2)N1CCN(c2ccc(Br)c(O)n2)CC1. The van der Waals surface area contributed by atoms with Crippen LogP contribution in [0.1, 0.15) is 18.5 Å². The lowest BCUT2D eigenvalue weighted by Crippen LogP contribution is -2.47. The van der Waals surface area contributed by atoms with Crippen LogP contribution in [0.2, 0.25) is 0 Å². The number of hydrogen-bond donors (Lipinski definition) is 1. The molecule has 2 aliphatic heterocycles. The van der Waals surface area contributed by atoms with Crippen LogP contribution >= 0.6 is 15.9 Å². The maximum absolute atomic E-state index is 9.80. The minimum atomic E-state index is 0.0366. The number of pyridine rings is 1. The fourth-order valence-electron chi connectivity index (χ4n) is 3.47. The van der Waals surface area contributed by atoms with Crippen LogP contribution in [-0.2, 0) is 0 Å². The van der Waals surface area contributed by atoms with Crippen LogP contribution in [0.3, 0.4) is 0 Å². The van der Waals surface area contributed by atoms with Crippen molar-refractivity contribution in [3.63, 3.8) is 0 Å². The first kappa shape index (κ1) is 17.4. The highest BCUT2D eigenvalue weighted by Gasteiger charge is 2.24. The lowest BCUT2D eigenvalue weighted by atomic mass is 10.0. The molecule has 138 valence electrons. The molecule has 1 unspecified atom stereocenters. The number of ether oxygens (including phenoxy) is 2. The number of aromatic hydroxyl groups is 1. The lowest BCUT2D eigenvalue weighted by molar-refractivity contribution is 0.169. The summed E-state index contributed by atoms with van der Waals surface area (Å²) in [5, 5.41) is 9.80. The van der Waals surface area contributed by atoms with Crippen molar-refractivity contribution in [1.29, 1.82) is 0 Å². The zero-order valence-corrected chi connectivity index (χ0v) is 16.3. The van der Waals surface area contributed by atoms with Gasteiger partial charge in [-0.2, -0.15) is 4.98 Å². The van der Waals surface area contributed by atoms with Crippen LogP contribution in [0, 0.1) is 0 Å². The Morgan fingerprint density at radius 3 is 2.50 bits per heavy atom. The molecule has 0 aliphatic carbocycles. The molecular weight excluding hydrogens is 398 g/mol. The summed E-state index contributed by atoms with van der Waals surface area (Å²) in [4.78, 5) is 8.92. The van der Waals surface area contributed by atoms with Crippen molar-refractivity contribution in [2.24, 2.45) is 0 Å². The fraction of sp³-hybridized carbons (Fsp3) is 0.421. The largest absolute Gasteiger partial charge is 0.492 e. The van der Waals surface area contributed by atoms with Crippen molar-refractivity contribution in [3.8, 4) is 17.4 Å². The van der Waals surface area contributed by atoms with Crippen LogP contribution in [0.5, 0.6) is 17.4 Å². The number of piperazine rings is 1. The van der Waals surface area contributed by atoms with Gasteiger partial charge in [0.2, 0.25) is 5.88 Å². The molecule has 1 atom stereocenters. The first-order chi connectivity index (χ1) is 12.6. The van der Waals surface area contributed by atoms with Gasteiger partial charge in [0.25, 0.3) is 0 Å². The molecule has 3 heterocycles. The normalized spacial score (nSPS) is 18.6. The molecule has 2 aliphatic rings. The molecule has 7 heteroatoms. The number of anilines is 1. The third-order valence-electron chi connectivity index (χ3n) is 5.05. The van der Waals surface area contributed by atoms with Gasteiger partial charge in [-0.3, -0.25) is 4.90 Å². The lowest BCUT2D eigenvalue weighted by Gasteiger charge is -2.39. The smallest absolute Gasteiger partial charge is 0.227 e. The van der Waals surface area contributed by atoms with Gasteiger partial charge in [0, 0.05) is 32.2 Å². The van der Waals surface area contributed by atoms with E-state index in [1.165, 1.54) is 5.56 Å². The van der Waals surface area contributed by atoms with Crippen molar-refractivity contribution in [2.45, 2.75) is 13.0 Å². The zero-order valence-electron chi connectivity index (χ0n) is 14.7. The third-order valence-corrected chi connectivity index (χ3v) is 5.67. The van der Waals surface area contributed by atoms with E-state index >= 15 is 0 Å². The highest BCUT2D eigenvalue weighted by Crippen LogP contribution is 2.34. The van der Waals surface area contributed by atoms with E-state index < -0.39 is 0 Å². The molecule has 1 fully saturated rings. The standard InChI is InChI=1S/C19H22BrN3O3/c1-13(14-2-4-16-17(12-14)26-11-10-25-16)22-6-8-23(9-7-22)18-5-3-15(20)19(24)21-18/h2-5,12-13H,6-11H2,1H3,(H,21,24). The van der Waals surface area contributed by atoms with Crippen molar-refractivity contribution < 1.29 is 14.6 Å². The number of benzene rings is 1. The number of aromatic nitrogens is 1. The molecule has 0 bridgehead atoms. The van der Waals surface area contributed by atoms with E-state index in [4.69, 9.17) is 9.47 Å². The molecule has 26 heavy (non-hydrogen) atoms. The molecule has 2 aromatic rings. The second kappa shape index (κ2) is 7.32. The number of nitrogens with zero attached hydrogens (tertiary/aromatic N) is 3. The van der Waals surface area contributed by atoms with Gasteiger partial charge in [-0.05, 0) is 52.7 Å². The summed E-state index contributed by atoms with van der Waals surface area (Å²) in [6.07, 6.45) is 0. The van der Waals surface area contributed by atoms with Crippen molar-refractivity contribution >= 4 is 21.7 Å². The van der Waals surface area contributed by atoms with Gasteiger partial charge in [0.05, 0.1) is 4.47 Å². The Morgan fingerprint density at radius 1 is 1.04 bits per heavy atom. The number of hydrogen-bond acceptors (Lipinski definition) is 6. The molecule has 4 rings (SSSR count). The van der Waals surface area contributed by atoms with Gasteiger partial charge in [0.1, 0.15) is 19.0 Å². The minimum Gasteiger partial charge on any atom is -0.492 e. The van der Waals surface area contributed by atoms with Gasteiger partial charge >= 0.3 is 0 Å². The summed E-state index contributed by atoms with van der Waals surface area (Å²) < 4.78 is 11.9. The third kappa shape index (κ3) is 3.46. The Kier molecular flexibility index (Phi) is 4.91. The molecule has 1 N–H and O–H groups in total. The van der Waals surface area contributed by atoms with Crippen molar-refractivity contribution in [2.75, 3.05) is 44.3 Å². The maximum atomic E-state index is 9.80. The Bertz CT molecular complexity index is 794. The van der Waals surface area contributed by atoms with Gasteiger partial charge in [-0.1, -0.05) is 6.07 Å². The van der Waals surface area contributed by atoms with Crippen LogP contribution in [0.15, 0.2) is 34.8 Å². The van der Waals surface area contributed by atoms with E-state index in [0.717, 1.165) is 43.5 Å². The minimum absolute atomic E-state index is 0.0366. The number of halogens is 1. The highest BCUT2D eigenvalue weighted by molar-refractivity contribution is 9.10. The monoisotopic (exact) mass is 419 g/mol. The molecule has 0 radical (unpaired) electrons. The number of rotatable bonds is 3. The van der Waals surface area contributed by atoms with E-state index in [-0.39, 0.29) is 5.88 Å². The van der Waals surface area contributed by atoms with Crippen molar-refractivity contribution in [3.05, 3.63) is 40.4 Å².